The van der Waals surface area contributed by atoms with Crippen molar-refractivity contribution in [2.75, 3.05) is 5.73 Å². The predicted molar refractivity (Wildman–Crippen MR) is 69.1 cm³/mol. The Morgan fingerprint density at radius 3 is 2.10 bits per heavy atom. The predicted octanol–water partition coefficient (Wildman–Crippen LogP) is -1.97. The number of benzene rings is 2. The van der Waals surface area contributed by atoms with Crippen LogP contribution in [-0.2, 0) is 20.2 Å². The van der Waals surface area contributed by atoms with Gasteiger partial charge in [0.25, 0.3) is 20.2 Å². The quantitative estimate of drug-likeness (QED) is 0.331. The van der Waals surface area contributed by atoms with Crippen molar-refractivity contribution in [1.82, 2.24) is 0 Å². The molecule has 2 aromatic rings. The third-order valence-corrected chi connectivity index (χ3v) is 4.23. The summed E-state index contributed by atoms with van der Waals surface area (Å²) < 4.78 is 62.9. The molecular formula is C10H10NNaO6S2. The fourth-order valence-corrected chi connectivity index (χ4v) is 3.13. The van der Waals surface area contributed by atoms with Crippen molar-refractivity contribution in [1.29, 1.82) is 0 Å². The zero-order chi connectivity index (χ0) is 14.4. The molecule has 2 aromatic carbocycles. The number of fused-ring (bicyclic) bond motifs is 1. The van der Waals surface area contributed by atoms with E-state index >= 15 is 0 Å². The first-order valence-corrected chi connectivity index (χ1v) is 7.76. The number of hydrogen-bond donors (Lipinski definition) is 3. The Kier molecular flexibility index (Phi) is 4.87. The molecule has 104 valence electrons. The molecule has 2 rings (SSSR count). The van der Waals surface area contributed by atoms with Crippen molar-refractivity contribution in [2.45, 2.75) is 9.79 Å². The molecule has 0 aliphatic rings. The molecule has 20 heavy (non-hydrogen) atoms. The maximum Gasteiger partial charge on any atom is 1.00 e. The Bertz CT molecular complexity index is 882. The molecule has 0 heterocycles. The third-order valence-electron chi connectivity index (χ3n) is 2.52. The van der Waals surface area contributed by atoms with Gasteiger partial charge in [0, 0.05) is 11.1 Å². The summed E-state index contributed by atoms with van der Waals surface area (Å²) in [5.41, 5.74) is 5.69. The van der Waals surface area contributed by atoms with Crippen LogP contribution in [0.15, 0.2) is 40.1 Å². The van der Waals surface area contributed by atoms with E-state index in [4.69, 9.17) is 14.8 Å². The van der Waals surface area contributed by atoms with Crippen LogP contribution >= 0.6 is 0 Å². The van der Waals surface area contributed by atoms with Crippen LogP contribution in [0.2, 0.25) is 0 Å². The van der Waals surface area contributed by atoms with Crippen LogP contribution in [-0.4, -0.2) is 25.9 Å². The summed E-state index contributed by atoms with van der Waals surface area (Å²) in [7, 11) is -9.30. The number of anilines is 1. The fraction of sp³-hybridized carbons (Fsp3) is 0. The van der Waals surface area contributed by atoms with Gasteiger partial charge in [0.1, 0.15) is 4.90 Å². The van der Waals surface area contributed by atoms with Crippen molar-refractivity contribution in [3.8, 4) is 0 Å². The van der Waals surface area contributed by atoms with Crippen molar-refractivity contribution in [2.24, 2.45) is 0 Å². The van der Waals surface area contributed by atoms with Gasteiger partial charge in [0.2, 0.25) is 0 Å². The smallest absolute Gasteiger partial charge is 1.00 e. The van der Waals surface area contributed by atoms with Gasteiger partial charge in [-0.05, 0) is 23.6 Å². The molecule has 0 bridgehead atoms. The van der Waals surface area contributed by atoms with Gasteiger partial charge in [-0.3, -0.25) is 9.11 Å². The minimum atomic E-state index is -4.69. The van der Waals surface area contributed by atoms with E-state index in [0.717, 1.165) is 6.07 Å². The van der Waals surface area contributed by atoms with Crippen LogP contribution in [0.4, 0.5) is 5.69 Å². The van der Waals surface area contributed by atoms with Gasteiger partial charge < -0.3 is 7.16 Å². The Labute approximate surface area is 139 Å². The van der Waals surface area contributed by atoms with Crippen LogP contribution in [0.1, 0.15) is 1.43 Å². The van der Waals surface area contributed by atoms with Crippen LogP contribution in [0, 0.1) is 0 Å². The maximum absolute atomic E-state index is 11.3. The minimum Gasteiger partial charge on any atom is -1.00 e. The summed E-state index contributed by atoms with van der Waals surface area (Å²) in [6.45, 7) is 0. The monoisotopic (exact) mass is 327 g/mol. The Morgan fingerprint density at radius 1 is 1.00 bits per heavy atom. The molecular weight excluding hydrogens is 317 g/mol. The number of hydrogen-bond acceptors (Lipinski definition) is 5. The van der Waals surface area contributed by atoms with E-state index in [1.54, 1.807) is 0 Å². The average Bonchev–Trinajstić information content (AvgIpc) is 2.25. The summed E-state index contributed by atoms with van der Waals surface area (Å²) in [6.07, 6.45) is 0. The number of rotatable bonds is 2. The van der Waals surface area contributed by atoms with E-state index in [0.29, 0.717) is 6.07 Å². The van der Waals surface area contributed by atoms with Crippen molar-refractivity contribution in [3.63, 3.8) is 0 Å². The fourth-order valence-electron chi connectivity index (χ4n) is 1.74. The van der Waals surface area contributed by atoms with Gasteiger partial charge >= 0.3 is 29.6 Å². The maximum atomic E-state index is 11.3. The van der Waals surface area contributed by atoms with Crippen molar-refractivity contribution in [3.05, 3.63) is 30.3 Å². The standard InChI is InChI=1S/C10H9NO6S2.Na.H/c11-8-3-1-2-6-4-7(18(12,13)14)5-9(10(6)8)19(15,16)17;;/h1-5H,11H2,(H,12,13,14)(H,15,16,17);;/q;+1;-1. The van der Waals surface area contributed by atoms with Crippen LogP contribution in [0.25, 0.3) is 10.8 Å². The molecule has 0 atom stereocenters. The summed E-state index contributed by atoms with van der Waals surface area (Å²) in [5, 5.41) is 0.167. The summed E-state index contributed by atoms with van der Waals surface area (Å²) in [5.74, 6) is 0. The molecule has 0 aliphatic heterocycles. The molecule has 0 aromatic heterocycles. The van der Waals surface area contributed by atoms with Gasteiger partial charge in [-0.1, -0.05) is 12.1 Å². The zero-order valence-electron chi connectivity index (χ0n) is 11.3. The molecule has 0 amide bonds. The van der Waals surface area contributed by atoms with E-state index in [1.807, 2.05) is 0 Å². The molecule has 0 saturated heterocycles. The summed E-state index contributed by atoms with van der Waals surface area (Å²) >= 11 is 0. The average molecular weight is 327 g/mol. The van der Waals surface area contributed by atoms with Gasteiger partial charge in [-0.2, -0.15) is 16.8 Å². The molecule has 4 N–H and O–H groups in total. The summed E-state index contributed by atoms with van der Waals surface area (Å²) in [4.78, 5) is -1.31. The second kappa shape index (κ2) is 5.60. The van der Waals surface area contributed by atoms with Crippen molar-refractivity contribution >= 4 is 36.7 Å². The Hall–Kier alpha value is -0.680. The zero-order valence-corrected chi connectivity index (χ0v) is 13.9. The molecule has 0 aliphatic carbocycles. The SMILES string of the molecule is Nc1cccc2cc(S(=O)(=O)O)cc(S(=O)(=O)O)c12.[H-].[Na+]. The second-order valence-corrected chi connectivity index (χ2v) is 6.63. The molecule has 0 unspecified atom stereocenters. The number of nitrogens with two attached hydrogens (primary N) is 1. The normalized spacial score (nSPS) is 12.1. The van der Waals surface area contributed by atoms with E-state index in [9.17, 15) is 16.8 Å². The first-order chi connectivity index (χ1) is 8.60. The second-order valence-electron chi connectivity index (χ2n) is 3.82. The molecule has 10 heteroatoms. The Morgan fingerprint density at radius 2 is 1.60 bits per heavy atom. The minimum absolute atomic E-state index is 0. The van der Waals surface area contributed by atoms with Gasteiger partial charge in [0.15, 0.2) is 0 Å². The van der Waals surface area contributed by atoms with Crippen LogP contribution in [0.3, 0.4) is 0 Å². The molecule has 0 radical (unpaired) electrons. The largest absolute Gasteiger partial charge is 1.00 e. The summed E-state index contributed by atoms with van der Waals surface area (Å²) in [6, 6.07) is 6.03. The van der Waals surface area contributed by atoms with Gasteiger partial charge in [0.05, 0.1) is 4.90 Å². The molecule has 0 saturated carbocycles. The van der Waals surface area contributed by atoms with E-state index in [2.05, 4.69) is 0 Å². The Balaban J connectivity index is 0.00000200. The molecule has 0 fully saturated rings. The first kappa shape index (κ1) is 17.4. The first-order valence-electron chi connectivity index (χ1n) is 4.88. The van der Waals surface area contributed by atoms with E-state index in [1.165, 1.54) is 18.2 Å². The molecule has 7 nitrogen and oxygen atoms in total. The van der Waals surface area contributed by atoms with E-state index < -0.39 is 30.0 Å². The van der Waals surface area contributed by atoms with Gasteiger partial charge in [-0.15, -0.1) is 0 Å². The third kappa shape index (κ3) is 3.31. The van der Waals surface area contributed by atoms with Crippen molar-refractivity contribution < 1.29 is 56.9 Å². The van der Waals surface area contributed by atoms with Crippen LogP contribution in [0.5, 0.6) is 0 Å². The van der Waals surface area contributed by atoms with E-state index in [-0.39, 0.29) is 47.4 Å². The molecule has 0 spiro atoms. The van der Waals surface area contributed by atoms with Crippen LogP contribution < -0.4 is 35.3 Å². The topological polar surface area (TPSA) is 135 Å². The van der Waals surface area contributed by atoms with Gasteiger partial charge in [-0.25, -0.2) is 0 Å². The number of nitrogen functional groups attached to an aromatic ring is 1.